The van der Waals surface area contributed by atoms with E-state index in [1.54, 1.807) is 6.92 Å². The van der Waals surface area contributed by atoms with Gasteiger partial charge in [0.25, 0.3) is 0 Å². The SMILES string of the molecule is CCC(C)[C@H](NS(=O)(=O)C1CCCC1)C(=O)O. The van der Waals surface area contributed by atoms with E-state index >= 15 is 0 Å². The molecule has 0 aromatic heterocycles. The average molecular weight is 263 g/mol. The standard InChI is InChI=1S/C11H21NO4S/c1-3-8(2)10(11(13)14)12-17(15,16)9-6-4-5-7-9/h8-10,12H,3-7H2,1-2H3,(H,13,14)/t8?,10-/m0/s1. The molecule has 1 aliphatic carbocycles. The highest BCUT2D eigenvalue weighted by Crippen LogP contribution is 2.24. The zero-order valence-corrected chi connectivity index (χ0v) is 11.2. The molecule has 0 heterocycles. The van der Waals surface area contributed by atoms with E-state index in [9.17, 15) is 13.2 Å². The largest absolute Gasteiger partial charge is 0.480 e. The molecule has 1 saturated carbocycles. The highest BCUT2D eigenvalue weighted by molar-refractivity contribution is 7.90. The lowest BCUT2D eigenvalue weighted by atomic mass is 10.0. The van der Waals surface area contributed by atoms with Gasteiger partial charge in [-0.2, -0.15) is 0 Å². The lowest BCUT2D eigenvalue weighted by Gasteiger charge is -2.22. The highest BCUT2D eigenvalue weighted by atomic mass is 32.2. The number of hydrogen-bond acceptors (Lipinski definition) is 3. The fourth-order valence-electron chi connectivity index (χ4n) is 2.12. The molecule has 0 aromatic rings. The third-order valence-electron chi connectivity index (χ3n) is 3.51. The summed E-state index contributed by atoms with van der Waals surface area (Å²) in [7, 11) is -3.49. The molecule has 0 bridgehead atoms. The van der Waals surface area contributed by atoms with E-state index in [1.165, 1.54) is 0 Å². The van der Waals surface area contributed by atoms with Crippen molar-refractivity contribution in [1.29, 1.82) is 0 Å². The second kappa shape index (κ2) is 5.82. The number of sulfonamides is 1. The van der Waals surface area contributed by atoms with Crippen LogP contribution in [0.4, 0.5) is 0 Å². The Balaban J connectivity index is 2.75. The van der Waals surface area contributed by atoms with Gasteiger partial charge in [-0.3, -0.25) is 4.79 Å². The Morgan fingerprint density at radius 2 is 1.94 bits per heavy atom. The Kier molecular flexibility index (Phi) is 4.94. The Morgan fingerprint density at radius 1 is 1.41 bits per heavy atom. The molecule has 5 nitrogen and oxygen atoms in total. The van der Waals surface area contributed by atoms with Crippen LogP contribution in [0, 0.1) is 5.92 Å². The van der Waals surface area contributed by atoms with E-state index in [0.29, 0.717) is 19.3 Å². The van der Waals surface area contributed by atoms with E-state index in [2.05, 4.69) is 4.72 Å². The summed E-state index contributed by atoms with van der Waals surface area (Å²) in [6.45, 7) is 3.60. The Hall–Kier alpha value is -0.620. The minimum absolute atomic E-state index is 0.205. The van der Waals surface area contributed by atoms with Crippen LogP contribution in [0.15, 0.2) is 0 Å². The van der Waals surface area contributed by atoms with Gasteiger partial charge in [-0.05, 0) is 18.8 Å². The number of hydrogen-bond donors (Lipinski definition) is 2. The lowest BCUT2D eigenvalue weighted by Crippen LogP contribution is -2.47. The first-order valence-corrected chi connectivity index (χ1v) is 7.67. The molecule has 0 aliphatic heterocycles. The van der Waals surface area contributed by atoms with Gasteiger partial charge in [0.05, 0.1) is 5.25 Å². The van der Waals surface area contributed by atoms with Crippen molar-refractivity contribution in [2.24, 2.45) is 5.92 Å². The Labute approximate surface area is 103 Å². The van der Waals surface area contributed by atoms with Gasteiger partial charge < -0.3 is 5.11 Å². The molecule has 0 spiro atoms. The summed E-state index contributed by atoms with van der Waals surface area (Å²) in [5, 5.41) is 8.65. The minimum atomic E-state index is -3.49. The molecule has 17 heavy (non-hydrogen) atoms. The van der Waals surface area contributed by atoms with E-state index in [1.807, 2.05) is 6.92 Å². The summed E-state index contributed by atoms with van der Waals surface area (Å²) in [5.74, 6) is -1.30. The second-order valence-corrected chi connectivity index (χ2v) is 6.76. The smallest absolute Gasteiger partial charge is 0.322 e. The van der Waals surface area contributed by atoms with Gasteiger partial charge >= 0.3 is 5.97 Å². The van der Waals surface area contributed by atoms with Crippen LogP contribution in [0.1, 0.15) is 46.0 Å². The zero-order valence-electron chi connectivity index (χ0n) is 10.3. The van der Waals surface area contributed by atoms with Crippen molar-refractivity contribution in [2.45, 2.75) is 57.2 Å². The van der Waals surface area contributed by atoms with Crippen molar-refractivity contribution >= 4 is 16.0 Å². The van der Waals surface area contributed by atoms with E-state index in [-0.39, 0.29) is 5.92 Å². The number of carbonyl (C=O) groups is 1. The first-order chi connectivity index (χ1) is 7.88. The molecule has 2 N–H and O–H groups in total. The number of carboxylic acids is 1. The van der Waals surface area contributed by atoms with Crippen molar-refractivity contribution in [2.75, 3.05) is 0 Å². The molecule has 100 valence electrons. The Bertz CT molecular complexity index is 360. The number of nitrogens with one attached hydrogen (secondary N) is 1. The molecule has 2 atom stereocenters. The maximum absolute atomic E-state index is 12.0. The quantitative estimate of drug-likeness (QED) is 0.757. The third-order valence-corrected chi connectivity index (χ3v) is 5.44. The summed E-state index contributed by atoms with van der Waals surface area (Å²) in [5.41, 5.74) is 0. The van der Waals surface area contributed by atoms with Crippen molar-refractivity contribution in [3.63, 3.8) is 0 Å². The van der Waals surface area contributed by atoms with E-state index in [0.717, 1.165) is 12.8 Å². The van der Waals surface area contributed by atoms with Gasteiger partial charge in [0.2, 0.25) is 10.0 Å². The van der Waals surface area contributed by atoms with Gasteiger partial charge in [-0.15, -0.1) is 0 Å². The van der Waals surface area contributed by atoms with Gasteiger partial charge in [0.1, 0.15) is 6.04 Å². The molecule has 1 aliphatic rings. The fourth-order valence-corrected chi connectivity index (χ4v) is 3.95. The predicted molar refractivity (Wildman–Crippen MR) is 65.2 cm³/mol. The van der Waals surface area contributed by atoms with E-state index in [4.69, 9.17) is 5.11 Å². The summed E-state index contributed by atoms with van der Waals surface area (Å²) in [4.78, 5) is 11.1. The first kappa shape index (κ1) is 14.4. The minimum Gasteiger partial charge on any atom is -0.480 e. The number of rotatable bonds is 6. The maximum atomic E-state index is 12.0. The molecule has 0 saturated heterocycles. The molecule has 0 aromatic carbocycles. The molecule has 1 unspecified atom stereocenters. The Morgan fingerprint density at radius 3 is 2.35 bits per heavy atom. The molecule has 1 rings (SSSR count). The van der Waals surface area contributed by atoms with Crippen LogP contribution in [-0.4, -0.2) is 30.8 Å². The van der Waals surface area contributed by atoms with Crippen LogP contribution >= 0.6 is 0 Å². The van der Waals surface area contributed by atoms with Crippen LogP contribution in [0.3, 0.4) is 0 Å². The van der Waals surface area contributed by atoms with Crippen LogP contribution in [-0.2, 0) is 14.8 Å². The van der Waals surface area contributed by atoms with Gasteiger partial charge in [-0.1, -0.05) is 33.1 Å². The van der Waals surface area contributed by atoms with Crippen LogP contribution in [0.5, 0.6) is 0 Å². The van der Waals surface area contributed by atoms with Crippen molar-refractivity contribution in [3.05, 3.63) is 0 Å². The van der Waals surface area contributed by atoms with Gasteiger partial charge in [0.15, 0.2) is 0 Å². The predicted octanol–water partition coefficient (Wildman–Crippen LogP) is 1.35. The molecule has 0 radical (unpaired) electrons. The zero-order chi connectivity index (χ0) is 13.1. The summed E-state index contributed by atoms with van der Waals surface area (Å²) >= 11 is 0. The fraction of sp³-hybridized carbons (Fsp3) is 0.909. The van der Waals surface area contributed by atoms with E-state index < -0.39 is 27.3 Å². The molecule has 1 fully saturated rings. The monoisotopic (exact) mass is 263 g/mol. The van der Waals surface area contributed by atoms with Crippen molar-refractivity contribution in [3.8, 4) is 0 Å². The summed E-state index contributed by atoms with van der Waals surface area (Å²) in [6, 6.07) is -1.01. The normalized spacial score (nSPS) is 21.3. The molecular formula is C11H21NO4S. The number of carboxylic acid groups (broad SMARTS) is 1. The summed E-state index contributed by atoms with van der Waals surface area (Å²) in [6.07, 6.45) is 3.73. The van der Waals surface area contributed by atoms with Crippen molar-refractivity contribution in [1.82, 2.24) is 4.72 Å². The third kappa shape index (κ3) is 3.67. The highest BCUT2D eigenvalue weighted by Gasteiger charge is 2.34. The molecule has 6 heteroatoms. The van der Waals surface area contributed by atoms with Crippen LogP contribution < -0.4 is 4.72 Å². The van der Waals surface area contributed by atoms with Gasteiger partial charge in [0, 0.05) is 0 Å². The average Bonchev–Trinajstić information content (AvgIpc) is 2.78. The topological polar surface area (TPSA) is 83.5 Å². The molecular weight excluding hydrogens is 242 g/mol. The lowest BCUT2D eigenvalue weighted by molar-refractivity contribution is -0.140. The molecule has 0 amide bonds. The maximum Gasteiger partial charge on any atom is 0.322 e. The van der Waals surface area contributed by atoms with Crippen molar-refractivity contribution < 1.29 is 18.3 Å². The van der Waals surface area contributed by atoms with Crippen LogP contribution in [0.2, 0.25) is 0 Å². The summed E-state index contributed by atoms with van der Waals surface area (Å²) < 4.78 is 26.3. The van der Waals surface area contributed by atoms with Crippen LogP contribution in [0.25, 0.3) is 0 Å². The first-order valence-electron chi connectivity index (χ1n) is 6.12. The number of aliphatic carboxylic acids is 1. The van der Waals surface area contributed by atoms with Gasteiger partial charge in [-0.25, -0.2) is 13.1 Å². The second-order valence-electron chi connectivity index (χ2n) is 4.77.